The van der Waals surface area contributed by atoms with Crippen LogP contribution >= 0.6 is 12.4 Å². The minimum absolute atomic E-state index is 0. The average molecular weight is 363 g/mol. The van der Waals surface area contributed by atoms with Crippen molar-refractivity contribution in [2.24, 2.45) is 0 Å². The van der Waals surface area contributed by atoms with Gasteiger partial charge in [-0.25, -0.2) is 22.2 Å². The SMILES string of the molecule is CNC(C)CNS(=O)(=O)c1ccc(-n2cc(C)cn2)c(F)c1.Cl. The molecule has 2 aromatic rings. The lowest BCUT2D eigenvalue weighted by atomic mass is 10.3. The Morgan fingerprint density at radius 2 is 2.09 bits per heavy atom. The number of sulfonamides is 1. The van der Waals surface area contributed by atoms with Crippen molar-refractivity contribution in [2.75, 3.05) is 13.6 Å². The van der Waals surface area contributed by atoms with E-state index in [1.165, 1.54) is 16.8 Å². The van der Waals surface area contributed by atoms with Crippen molar-refractivity contribution in [3.8, 4) is 5.69 Å². The fourth-order valence-electron chi connectivity index (χ4n) is 1.81. The van der Waals surface area contributed by atoms with Crippen molar-refractivity contribution in [3.05, 3.63) is 42.0 Å². The van der Waals surface area contributed by atoms with E-state index in [4.69, 9.17) is 0 Å². The molecule has 1 heterocycles. The van der Waals surface area contributed by atoms with Crippen molar-refractivity contribution in [3.63, 3.8) is 0 Å². The second kappa shape index (κ2) is 7.87. The molecular formula is C14H20ClFN4O2S. The molecule has 1 unspecified atom stereocenters. The van der Waals surface area contributed by atoms with Crippen molar-refractivity contribution in [1.29, 1.82) is 0 Å². The fourth-order valence-corrected chi connectivity index (χ4v) is 2.95. The molecule has 9 heteroatoms. The molecule has 0 bridgehead atoms. The smallest absolute Gasteiger partial charge is 0.240 e. The normalized spacial score (nSPS) is 12.7. The van der Waals surface area contributed by atoms with Crippen molar-refractivity contribution >= 4 is 22.4 Å². The van der Waals surface area contributed by atoms with Gasteiger partial charge in [-0.3, -0.25) is 0 Å². The summed E-state index contributed by atoms with van der Waals surface area (Å²) in [5, 5.41) is 6.93. The van der Waals surface area contributed by atoms with Crippen LogP contribution in [0.4, 0.5) is 4.39 Å². The minimum Gasteiger partial charge on any atom is -0.316 e. The van der Waals surface area contributed by atoms with Gasteiger partial charge >= 0.3 is 0 Å². The lowest BCUT2D eigenvalue weighted by molar-refractivity contribution is 0.552. The summed E-state index contributed by atoms with van der Waals surface area (Å²) in [7, 11) is -2.01. The van der Waals surface area contributed by atoms with Crippen LogP contribution in [-0.2, 0) is 10.0 Å². The molecule has 1 aromatic carbocycles. The van der Waals surface area contributed by atoms with Crippen LogP contribution in [0.1, 0.15) is 12.5 Å². The van der Waals surface area contributed by atoms with Crippen LogP contribution in [0.3, 0.4) is 0 Å². The number of aryl methyl sites for hydroxylation is 1. The Balaban J connectivity index is 0.00000264. The highest BCUT2D eigenvalue weighted by atomic mass is 35.5. The van der Waals surface area contributed by atoms with E-state index >= 15 is 0 Å². The van der Waals surface area contributed by atoms with E-state index in [0.29, 0.717) is 0 Å². The van der Waals surface area contributed by atoms with Crippen molar-refractivity contribution < 1.29 is 12.8 Å². The van der Waals surface area contributed by atoms with Gasteiger partial charge in [0, 0.05) is 18.8 Å². The predicted octanol–water partition coefficient (Wildman–Crippen LogP) is 1.63. The maximum absolute atomic E-state index is 14.2. The molecule has 0 aliphatic heterocycles. The largest absolute Gasteiger partial charge is 0.316 e. The highest BCUT2D eigenvalue weighted by Gasteiger charge is 2.17. The van der Waals surface area contributed by atoms with Gasteiger partial charge in [-0.1, -0.05) is 0 Å². The Morgan fingerprint density at radius 3 is 2.61 bits per heavy atom. The quantitative estimate of drug-likeness (QED) is 0.819. The second-order valence-electron chi connectivity index (χ2n) is 5.12. The summed E-state index contributed by atoms with van der Waals surface area (Å²) in [6, 6.07) is 3.74. The first-order valence-electron chi connectivity index (χ1n) is 6.81. The van der Waals surface area contributed by atoms with Gasteiger partial charge in [0.05, 0.1) is 11.1 Å². The second-order valence-corrected chi connectivity index (χ2v) is 6.88. The molecule has 23 heavy (non-hydrogen) atoms. The summed E-state index contributed by atoms with van der Waals surface area (Å²) >= 11 is 0. The third kappa shape index (κ3) is 4.74. The zero-order valence-electron chi connectivity index (χ0n) is 13.1. The molecule has 0 saturated carbocycles. The number of benzene rings is 1. The zero-order valence-corrected chi connectivity index (χ0v) is 14.7. The van der Waals surface area contributed by atoms with Gasteiger partial charge < -0.3 is 5.32 Å². The molecule has 0 aliphatic carbocycles. The lowest BCUT2D eigenvalue weighted by Crippen LogP contribution is -2.37. The van der Waals surface area contributed by atoms with Crippen LogP contribution in [-0.4, -0.2) is 37.8 Å². The molecule has 0 amide bonds. The first kappa shape index (κ1) is 19.6. The van der Waals surface area contributed by atoms with E-state index in [9.17, 15) is 12.8 Å². The molecule has 2 N–H and O–H groups in total. The summed E-state index contributed by atoms with van der Waals surface area (Å²) in [5.41, 5.74) is 1.09. The zero-order chi connectivity index (χ0) is 16.3. The first-order valence-corrected chi connectivity index (χ1v) is 8.30. The summed E-state index contributed by atoms with van der Waals surface area (Å²) < 4.78 is 42.2. The van der Waals surface area contributed by atoms with Crippen LogP contribution < -0.4 is 10.0 Å². The Kier molecular flexibility index (Phi) is 6.69. The molecule has 2 rings (SSSR count). The van der Waals surface area contributed by atoms with Gasteiger partial charge in [0.25, 0.3) is 0 Å². The Bertz CT molecular complexity index is 764. The number of hydrogen-bond donors (Lipinski definition) is 2. The van der Waals surface area contributed by atoms with Gasteiger partial charge in [0.1, 0.15) is 11.5 Å². The molecule has 1 atom stereocenters. The highest BCUT2D eigenvalue weighted by Crippen LogP contribution is 2.18. The first-order chi connectivity index (χ1) is 10.3. The minimum atomic E-state index is -3.74. The Hall–Kier alpha value is -1.48. The van der Waals surface area contributed by atoms with E-state index in [-0.39, 0.29) is 35.6 Å². The number of rotatable bonds is 6. The van der Waals surface area contributed by atoms with Crippen LogP contribution in [0.2, 0.25) is 0 Å². The molecule has 128 valence electrons. The summed E-state index contributed by atoms with van der Waals surface area (Å²) in [4.78, 5) is -0.110. The molecular weight excluding hydrogens is 343 g/mol. The molecule has 6 nitrogen and oxygen atoms in total. The third-order valence-corrected chi connectivity index (χ3v) is 4.68. The number of aromatic nitrogens is 2. The number of halogens is 2. The Labute approximate surface area is 141 Å². The average Bonchev–Trinajstić information content (AvgIpc) is 2.91. The third-order valence-electron chi connectivity index (χ3n) is 3.26. The van der Waals surface area contributed by atoms with Gasteiger partial charge in [0.2, 0.25) is 10.0 Å². The summed E-state index contributed by atoms with van der Waals surface area (Å²) in [5.74, 6) is -0.646. The topological polar surface area (TPSA) is 76.0 Å². The molecule has 0 fully saturated rings. The van der Waals surface area contributed by atoms with Gasteiger partial charge in [0.15, 0.2) is 0 Å². The van der Waals surface area contributed by atoms with Crippen LogP contribution in [0, 0.1) is 12.7 Å². The fraction of sp³-hybridized carbons (Fsp3) is 0.357. The van der Waals surface area contributed by atoms with Crippen LogP contribution in [0.25, 0.3) is 5.69 Å². The van der Waals surface area contributed by atoms with E-state index in [1.54, 1.807) is 19.4 Å². The van der Waals surface area contributed by atoms with Crippen molar-refractivity contribution in [2.45, 2.75) is 24.8 Å². The molecule has 0 saturated heterocycles. The van der Waals surface area contributed by atoms with Gasteiger partial charge in [-0.2, -0.15) is 5.10 Å². The van der Waals surface area contributed by atoms with E-state index < -0.39 is 15.8 Å². The predicted molar refractivity (Wildman–Crippen MR) is 89.2 cm³/mol. The van der Waals surface area contributed by atoms with E-state index in [1.807, 2.05) is 13.8 Å². The lowest BCUT2D eigenvalue weighted by Gasteiger charge is -2.12. The monoisotopic (exact) mass is 362 g/mol. The molecule has 0 spiro atoms. The maximum Gasteiger partial charge on any atom is 0.240 e. The standard InChI is InChI=1S/C14H19FN4O2S.ClH/c1-10-7-17-19(9-10)14-5-4-12(6-13(14)15)22(20,21)18-8-11(2)16-3;/h4-7,9,11,16,18H,8H2,1-3H3;1H. The Morgan fingerprint density at radius 1 is 1.39 bits per heavy atom. The summed E-state index contributed by atoms with van der Waals surface area (Å²) in [6.45, 7) is 3.90. The van der Waals surface area contributed by atoms with E-state index in [0.717, 1.165) is 11.6 Å². The van der Waals surface area contributed by atoms with Crippen molar-refractivity contribution in [1.82, 2.24) is 19.8 Å². The number of likely N-dealkylation sites (N-methyl/N-ethyl adjacent to an activating group) is 1. The highest BCUT2D eigenvalue weighted by molar-refractivity contribution is 7.89. The van der Waals surface area contributed by atoms with Crippen LogP contribution in [0.15, 0.2) is 35.5 Å². The summed E-state index contributed by atoms with van der Waals surface area (Å²) in [6.07, 6.45) is 3.27. The number of nitrogens with one attached hydrogen (secondary N) is 2. The molecule has 1 aromatic heterocycles. The number of nitrogens with zero attached hydrogens (tertiary/aromatic N) is 2. The number of hydrogen-bond acceptors (Lipinski definition) is 4. The molecule has 0 aliphatic rings. The van der Waals surface area contributed by atoms with E-state index in [2.05, 4.69) is 15.1 Å². The molecule has 0 radical (unpaired) electrons. The van der Waals surface area contributed by atoms with Crippen LogP contribution in [0.5, 0.6) is 0 Å². The maximum atomic E-state index is 14.2. The van der Waals surface area contributed by atoms with Gasteiger partial charge in [-0.05, 0) is 44.7 Å². The van der Waals surface area contributed by atoms with Gasteiger partial charge in [-0.15, -0.1) is 12.4 Å².